The first-order chi connectivity index (χ1) is 9.58. The minimum Gasteiger partial charge on any atom is -0.409 e. The SMILES string of the molecule is CCCCCN(C)C(=O)C1(C(N)=NO)CCCCCC1. The average Bonchev–Trinajstić information content (AvgIpc) is 2.72. The molecule has 0 saturated heterocycles. The largest absolute Gasteiger partial charge is 0.409 e. The molecule has 0 radical (unpaired) electrons. The summed E-state index contributed by atoms with van der Waals surface area (Å²) in [6.45, 7) is 2.89. The number of carbonyl (C=O) groups excluding carboxylic acids is 1. The molecule has 0 spiro atoms. The topological polar surface area (TPSA) is 78.9 Å². The summed E-state index contributed by atoms with van der Waals surface area (Å²) >= 11 is 0. The second-order valence-corrected chi connectivity index (χ2v) is 5.92. The standard InChI is InChI=1S/C15H29N3O2/c1-3-4-9-12-18(2)14(19)15(13(16)17-20)10-7-5-6-8-11-15/h20H,3-12H2,1-2H3,(H2,16,17). The highest BCUT2D eigenvalue weighted by Gasteiger charge is 2.44. The molecule has 1 aliphatic carbocycles. The monoisotopic (exact) mass is 283 g/mol. The van der Waals surface area contributed by atoms with Crippen molar-refractivity contribution in [2.75, 3.05) is 13.6 Å². The van der Waals surface area contributed by atoms with Crippen LogP contribution in [0, 0.1) is 5.41 Å². The highest BCUT2D eigenvalue weighted by Crippen LogP contribution is 2.37. The van der Waals surface area contributed by atoms with Gasteiger partial charge in [-0.15, -0.1) is 0 Å². The first-order valence-corrected chi connectivity index (χ1v) is 7.82. The number of nitrogens with two attached hydrogens (primary N) is 1. The van der Waals surface area contributed by atoms with E-state index in [1.807, 2.05) is 7.05 Å². The molecule has 116 valence electrons. The van der Waals surface area contributed by atoms with Gasteiger partial charge in [-0.25, -0.2) is 0 Å². The van der Waals surface area contributed by atoms with Gasteiger partial charge in [0, 0.05) is 13.6 Å². The van der Waals surface area contributed by atoms with E-state index in [1.165, 1.54) is 0 Å². The van der Waals surface area contributed by atoms with Crippen LogP contribution in [0.15, 0.2) is 5.16 Å². The van der Waals surface area contributed by atoms with Crippen molar-refractivity contribution in [1.29, 1.82) is 0 Å². The molecule has 5 nitrogen and oxygen atoms in total. The molecule has 0 atom stereocenters. The quantitative estimate of drug-likeness (QED) is 0.196. The van der Waals surface area contributed by atoms with Gasteiger partial charge in [0.05, 0.1) is 0 Å². The summed E-state index contributed by atoms with van der Waals surface area (Å²) in [6, 6.07) is 0. The van der Waals surface area contributed by atoms with E-state index in [0.717, 1.165) is 51.5 Å². The average molecular weight is 283 g/mol. The molecule has 1 rings (SSSR count). The van der Waals surface area contributed by atoms with Gasteiger partial charge < -0.3 is 15.8 Å². The Balaban J connectivity index is 2.84. The number of rotatable bonds is 6. The number of carbonyl (C=O) groups is 1. The molecule has 0 aliphatic heterocycles. The van der Waals surface area contributed by atoms with Gasteiger partial charge >= 0.3 is 0 Å². The molecule has 0 bridgehead atoms. The van der Waals surface area contributed by atoms with Crippen LogP contribution in [0.4, 0.5) is 0 Å². The summed E-state index contributed by atoms with van der Waals surface area (Å²) in [5, 5.41) is 12.3. The zero-order valence-corrected chi connectivity index (χ0v) is 12.9. The second-order valence-electron chi connectivity index (χ2n) is 5.92. The first-order valence-electron chi connectivity index (χ1n) is 7.82. The highest BCUT2D eigenvalue weighted by atomic mass is 16.4. The lowest BCUT2D eigenvalue weighted by Gasteiger charge is -2.34. The van der Waals surface area contributed by atoms with Crippen molar-refractivity contribution in [3.8, 4) is 0 Å². The molecule has 0 aromatic heterocycles. The third kappa shape index (κ3) is 3.87. The van der Waals surface area contributed by atoms with Gasteiger partial charge in [0.2, 0.25) is 5.91 Å². The van der Waals surface area contributed by atoms with Crippen LogP contribution in [0.2, 0.25) is 0 Å². The zero-order chi connectivity index (χ0) is 15.0. The van der Waals surface area contributed by atoms with Crippen LogP contribution in [0.5, 0.6) is 0 Å². The van der Waals surface area contributed by atoms with Crippen molar-refractivity contribution in [3.63, 3.8) is 0 Å². The predicted molar refractivity (Wildman–Crippen MR) is 80.7 cm³/mol. The molecule has 0 heterocycles. The van der Waals surface area contributed by atoms with Crippen molar-refractivity contribution in [2.45, 2.75) is 64.7 Å². The second kappa shape index (κ2) is 8.12. The van der Waals surface area contributed by atoms with Crippen molar-refractivity contribution in [2.24, 2.45) is 16.3 Å². The van der Waals surface area contributed by atoms with Crippen LogP contribution in [-0.2, 0) is 4.79 Å². The van der Waals surface area contributed by atoms with Crippen LogP contribution in [0.1, 0.15) is 64.7 Å². The number of unbranched alkanes of at least 4 members (excludes halogenated alkanes) is 2. The summed E-state index contributed by atoms with van der Waals surface area (Å²) in [7, 11) is 1.83. The van der Waals surface area contributed by atoms with Gasteiger partial charge in [-0.05, 0) is 19.3 Å². The maximum Gasteiger partial charge on any atom is 0.236 e. The smallest absolute Gasteiger partial charge is 0.236 e. The number of hydrogen-bond acceptors (Lipinski definition) is 3. The summed E-state index contributed by atoms with van der Waals surface area (Å²) < 4.78 is 0. The van der Waals surface area contributed by atoms with Crippen molar-refractivity contribution in [1.82, 2.24) is 4.90 Å². The molecular weight excluding hydrogens is 254 g/mol. The summed E-state index contributed by atoms with van der Waals surface area (Å²) in [5.41, 5.74) is 5.11. The van der Waals surface area contributed by atoms with E-state index in [9.17, 15) is 4.79 Å². The number of oxime groups is 1. The van der Waals surface area contributed by atoms with Gasteiger partial charge in [0.1, 0.15) is 5.41 Å². The van der Waals surface area contributed by atoms with Crippen molar-refractivity contribution < 1.29 is 10.0 Å². The van der Waals surface area contributed by atoms with E-state index in [1.54, 1.807) is 4.90 Å². The lowest BCUT2D eigenvalue weighted by molar-refractivity contribution is -0.137. The Morgan fingerprint density at radius 1 is 1.25 bits per heavy atom. The van der Waals surface area contributed by atoms with Crippen LogP contribution in [0.3, 0.4) is 0 Å². The van der Waals surface area contributed by atoms with Crippen LogP contribution >= 0.6 is 0 Å². The fourth-order valence-corrected chi connectivity index (χ4v) is 3.07. The fourth-order valence-electron chi connectivity index (χ4n) is 3.07. The van der Waals surface area contributed by atoms with Gasteiger partial charge in [-0.1, -0.05) is 50.6 Å². The van der Waals surface area contributed by atoms with Gasteiger partial charge in [-0.2, -0.15) is 0 Å². The zero-order valence-electron chi connectivity index (χ0n) is 12.9. The van der Waals surface area contributed by atoms with Gasteiger partial charge in [0.15, 0.2) is 5.84 Å². The molecule has 0 aromatic carbocycles. The Labute approximate surface area is 122 Å². The third-order valence-electron chi connectivity index (χ3n) is 4.41. The molecule has 1 saturated carbocycles. The molecule has 1 aliphatic rings. The van der Waals surface area contributed by atoms with E-state index in [4.69, 9.17) is 10.9 Å². The fraction of sp³-hybridized carbons (Fsp3) is 0.867. The maximum atomic E-state index is 12.8. The molecule has 20 heavy (non-hydrogen) atoms. The molecule has 1 amide bonds. The van der Waals surface area contributed by atoms with E-state index in [0.29, 0.717) is 12.8 Å². The molecule has 1 fully saturated rings. The molecule has 3 N–H and O–H groups in total. The van der Waals surface area contributed by atoms with E-state index in [2.05, 4.69) is 12.1 Å². The predicted octanol–water partition coefficient (Wildman–Crippen LogP) is 2.72. The number of amides is 1. The number of amidine groups is 1. The van der Waals surface area contributed by atoms with E-state index < -0.39 is 5.41 Å². The van der Waals surface area contributed by atoms with Crippen molar-refractivity contribution >= 4 is 11.7 Å². The maximum absolute atomic E-state index is 12.8. The molecule has 0 unspecified atom stereocenters. The van der Waals surface area contributed by atoms with Crippen molar-refractivity contribution in [3.05, 3.63) is 0 Å². The Morgan fingerprint density at radius 2 is 1.85 bits per heavy atom. The number of nitrogens with zero attached hydrogens (tertiary/aromatic N) is 2. The highest BCUT2D eigenvalue weighted by molar-refractivity contribution is 6.06. The number of hydrogen-bond donors (Lipinski definition) is 2. The Bertz CT molecular complexity index is 334. The van der Waals surface area contributed by atoms with Crippen LogP contribution < -0.4 is 5.73 Å². The Morgan fingerprint density at radius 3 is 2.35 bits per heavy atom. The van der Waals surface area contributed by atoms with Crippen LogP contribution in [-0.4, -0.2) is 35.4 Å². The van der Waals surface area contributed by atoms with Gasteiger partial charge in [0.25, 0.3) is 0 Å². The molecular formula is C15H29N3O2. The van der Waals surface area contributed by atoms with Gasteiger partial charge in [-0.3, -0.25) is 4.79 Å². The lowest BCUT2D eigenvalue weighted by atomic mass is 9.77. The summed E-state index contributed by atoms with van der Waals surface area (Å²) in [6.07, 6.45) is 8.81. The van der Waals surface area contributed by atoms with E-state index in [-0.39, 0.29) is 11.7 Å². The first kappa shape index (κ1) is 16.8. The summed E-state index contributed by atoms with van der Waals surface area (Å²) in [4.78, 5) is 14.6. The molecule has 5 heteroatoms. The Kier molecular flexibility index (Phi) is 6.82. The third-order valence-corrected chi connectivity index (χ3v) is 4.41. The Hall–Kier alpha value is -1.26. The normalized spacial score (nSPS) is 19.4. The minimum absolute atomic E-state index is 0.0193. The van der Waals surface area contributed by atoms with Crippen LogP contribution in [0.25, 0.3) is 0 Å². The van der Waals surface area contributed by atoms with E-state index >= 15 is 0 Å². The minimum atomic E-state index is -0.786. The lowest BCUT2D eigenvalue weighted by Crippen LogP contribution is -2.50. The summed E-state index contributed by atoms with van der Waals surface area (Å²) in [5.74, 6) is 0.109. The molecule has 0 aromatic rings.